The van der Waals surface area contributed by atoms with Gasteiger partial charge in [0.05, 0.1) is 41.7 Å². The number of nitrogens with one attached hydrogen (secondary N) is 1. The fourth-order valence-corrected chi connectivity index (χ4v) is 4.24. The highest BCUT2D eigenvalue weighted by Gasteiger charge is 2.15. The van der Waals surface area contributed by atoms with E-state index in [0.717, 1.165) is 4.57 Å². The second-order valence-corrected chi connectivity index (χ2v) is 8.66. The molecule has 190 valence electrons. The van der Waals surface area contributed by atoms with E-state index in [4.69, 9.17) is 4.42 Å². The first-order valence-corrected chi connectivity index (χ1v) is 11.8. The normalized spacial score (nSPS) is 10.9. The van der Waals surface area contributed by atoms with Gasteiger partial charge in [-0.1, -0.05) is 36.4 Å². The molecule has 2 aromatic heterocycles. The molecule has 10 heteroatoms. The SMILES string of the molecule is O=C(NCc1ccco1)c1ccc(Cn2c(=O)c3ccccc3n(Cc3cccc([N+](=O)[O-])c3)c2=O)cc1. The van der Waals surface area contributed by atoms with Crippen LogP contribution in [0.2, 0.25) is 0 Å². The molecule has 0 atom stereocenters. The fourth-order valence-electron chi connectivity index (χ4n) is 4.24. The molecule has 5 rings (SSSR count). The van der Waals surface area contributed by atoms with Crippen LogP contribution in [0.25, 0.3) is 10.9 Å². The molecule has 38 heavy (non-hydrogen) atoms. The lowest BCUT2D eigenvalue weighted by molar-refractivity contribution is -0.384. The van der Waals surface area contributed by atoms with E-state index in [0.29, 0.717) is 33.4 Å². The molecule has 0 aliphatic rings. The molecule has 0 aliphatic heterocycles. The number of carbonyl (C=O) groups is 1. The van der Waals surface area contributed by atoms with Crippen LogP contribution in [0.15, 0.2) is 105 Å². The Kier molecular flexibility index (Phi) is 6.68. The zero-order chi connectivity index (χ0) is 26.6. The summed E-state index contributed by atoms with van der Waals surface area (Å²) in [5.41, 5.74) is 1.01. The maximum Gasteiger partial charge on any atom is 0.332 e. The van der Waals surface area contributed by atoms with Crippen LogP contribution in [0.5, 0.6) is 0 Å². The van der Waals surface area contributed by atoms with Gasteiger partial charge in [0, 0.05) is 17.7 Å². The molecular formula is C28H22N4O6. The van der Waals surface area contributed by atoms with E-state index in [-0.39, 0.29) is 31.2 Å². The van der Waals surface area contributed by atoms with Gasteiger partial charge in [-0.05, 0) is 47.5 Å². The molecule has 5 aromatic rings. The summed E-state index contributed by atoms with van der Waals surface area (Å²) in [5.74, 6) is 0.349. The summed E-state index contributed by atoms with van der Waals surface area (Å²) in [4.78, 5) is 49.9. The zero-order valence-corrected chi connectivity index (χ0v) is 20.1. The number of benzene rings is 3. The van der Waals surface area contributed by atoms with Crippen molar-refractivity contribution >= 4 is 22.5 Å². The quantitative estimate of drug-likeness (QED) is 0.250. The van der Waals surface area contributed by atoms with E-state index >= 15 is 0 Å². The molecule has 0 unspecified atom stereocenters. The summed E-state index contributed by atoms with van der Waals surface area (Å²) in [6.07, 6.45) is 1.53. The summed E-state index contributed by atoms with van der Waals surface area (Å²) in [6, 6.07) is 22.9. The molecule has 0 saturated carbocycles. The third kappa shape index (κ3) is 5.00. The highest BCUT2D eigenvalue weighted by molar-refractivity contribution is 5.94. The Balaban J connectivity index is 1.45. The van der Waals surface area contributed by atoms with Crippen molar-refractivity contribution in [2.75, 3.05) is 0 Å². The minimum absolute atomic E-state index is 0.00820. The third-order valence-corrected chi connectivity index (χ3v) is 6.15. The first kappa shape index (κ1) is 24.4. The molecule has 2 heterocycles. The van der Waals surface area contributed by atoms with Gasteiger partial charge >= 0.3 is 5.69 Å². The number of hydrogen-bond acceptors (Lipinski definition) is 6. The number of hydrogen-bond donors (Lipinski definition) is 1. The standard InChI is InChI=1S/C28H22N4O6/c33-26(29-16-23-7-4-14-38-23)21-12-10-19(11-13-21)17-31-27(34)24-8-1-2-9-25(24)30(28(31)35)18-20-5-3-6-22(15-20)32(36)37/h1-15H,16-18H2,(H,29,33). The van der Waals surface area contributed by atoms with Crippen LogP contribution in [0, 0.1) is 10.1 Å². The van der Waals surface area contributed by atoms with Crippen molar-refractivity contribution in [1.29, 1.82) is 0 Å². The van der Waals surface area contributed by atoms with E-state index in [9.17, 15) is 24.5 Å². The van der Waals surface area contributed by atoms with Gasteiger partial charge in [-0.25, -0.2) is 4.79 Å². The Morgan fingerprint density at radius 1 is 0.868 bits per heavy atom. The van der Waals surface area contributed by atoms with Gasteiger partial charge in [-0.3, -0.25) is 28.8 Å². The maximum absolute atomic E-state index is 13.5. The van der Waals surface area contributed by atoms with Gasteiger partial charge in [0.2, 0.25) is 0 Å². The smallest absolute Gasteiger partial charge is 0.332 e. The molecule has 0 radical (unpaired) electrons. The molecule has 0 fully saturated rings. The Bertz CT molecular complexity index is 1750. The zero-order valence-electron chi connectivity index (χ0n) is 20.1. The molecular weight excluding hydrogens is 488 g/mol. The van der Waals surface area contributed by atoms with E-state index < -0.39 is 16.2 Å². The second-order valence-electron chi connectivity index (χ2n) is 8.66. The van der Waals surface area contributed by atoms with Gasteiger partial charge in [0.1, 0.15) is 5.76 Å². The molecule has 0 bridgehead atoms. The molecule has 0 aliphatic carbocycles. The Labute approximate surface area is 215 Å². The lowest BCUT2D eigenvalue weighted by Crippen LogP contribution is -2.40. The summed E-state index contributed by atoms with van der Waals surface area (Å²) in [5, 5.41) is 14.3. The minimum atomic E-state index is -0.541. The van der Waals surface area contributed by atoms with Crippen LogP contribution in [-0.4, -0.2) is 20.0 Å². The van der Waals surface area contributed by atoms with Crippen LogP contribution in [0.4, 0.5) is 5.69 Å². The van der Waals surface area contributed by atoms with Gasteiger partial charge in [-0.2, -0.15) is 0 Å². The van der Waals surface area contributed by atoms with E-state index in [1.807, 2.05) is 0 Å². The van der Waals surface area contributed by atoms with Crippen molar-refractivity contribution in [3.05, 3.63) is 145 Å². The number of nitro benzene ring substituents is 1. The second kappa shape index (κ2) is 10.4. The summed E-state index contributed by atoms with van der Waals surface area (Å²) >= 11 is 0. The minimum Gasteiger partial charge on any atom is -0.467 e. The van der Waals surface area contributed by atoms with Crippen molar-refractivity contribution in [2.24, 2.45) is 0 Å². The van der Waals surface area contributed by atoms with Crippen LogP contribution >= 0.6 is 0 Å². The topological polar surface area (TPSA) is 129 Å². The predicted octanol–water partition coefficient (Wildman–Crippen LogP) is 3.69. The summed E-state index contributed by atoms with van der Waals surface area (Å²) < 4.78 is 7.78. The van der Waals surface area contributed by atoms with Crippen molar-refractivity contribution in [3.8, 4) is 0 Å². The number of nitrogens with zero attached hydrogens (tertiary/aromatic N) is 3. The molecule has 10 nitrogen and oxygen atoms in total. The number of para-hydroxylation sites is 1. The molecule has 3 aromatic carbocycles. The Hall–Kier alpha value is -5.25. The Morgan fingerprint density at radius 2 is 1.63 bits per heavy atom. The average Bonchev–Trinajstić information content (AvgIpc) is 3.46. The van der Waals surface area contributed by atoms with Gasteiger partial charge in [0.25, 0.3) is 17.2 Å². The number of rotatable bonds is 8. The highest BCUT2D eigenvalue weighted by atomic mass is 16.6. The van der Waals surface area contributed by atoms with Crippen LogP contribution < -0.4 is 16.6 Å². The fraction of sp³-hybridized carbons (Fsp3) is 0.107. The van der Waals surface area contributed by atoms with Crippen molar-refractivity contribution in [3.63, 3.8) is 0 Å². The lowest BCUT2D eigenvalue weighted by atomic mass is 10.1. The predicted molar refractivity (Wildman–Crippen MR) is 140 cm³/mol. The first-order chi connectivity index (χ1) is 18.4. The number of fused-ring (bicyclic) bond motifs is 1. The van der Waals surface area contributed by atoms with Gasteiger partial charge in [-0.15, -0.1) is 0 Å². The highest BCUT2D eigenvalue weighted by Crippen LogP contribution is 2.16. The van der Waals surface area contributed by atoms with Crippen LogP contribution in [-0.2, 0) is 19.6 Å². The third-order valence-electron chi connectivity index (χ3n) is 6.15. The van der Waals surface area contributed by atoms with Gasteiger partial charge in [0.15, 0.2) is 0 Å². The van der Waals surface area contributed by atoms with E-state index in [1.54, 1.807) is 72.8 Å². The van der Waals surface area contributed by atoms with E-state index in [2.05, 4.69) is 5.32 Å². The van der Waals surface area contributed by atoms with Crippen molar-refractivity contribution in [1.82, 2.24) is 14.5 Å². The molecule has 1 N–H and O–H groups in total. The largest absolute Gasteiger partial charge is 0.467 e. The average molecular weight is 511 g/mol. The number of non-ortho nitro benzene ring substituents is 1. The monoisotopic (exact) mass is 510 g/mol. The number of furan rings is 1. The Morgan fingerprint density at radius 3 is 2.37 bits per heavy atom. The maximum atomic E-state index is 13.5. The molecule has 1 amide bonds. The molecule has 0 saturated heterocycles. The summed E-state index contributed by atoms with van der Waals surface area (Å²) in [6.45, 7) is 0.298. The number of aromatic nitrogens is 2. The summed E-state index contributed by atoms with van der Waals surface area (Å²) in [7, 11) is 0. The molecule has 0 spiro atoms. The van der Waals surface area contributed by atoms with E-state index in [1.165, 1.54) is 23.0 Å². The van der Waals surface area contributed by atoms with Crippen LogP contribution in [0.3, 0.4) is 0 Å². The van der Waals surface area contributed by atoms with Crippen molar-refractivity contribution in [2.45, 2.75) is 19.6 Å². The number of nitro groups is 1. The van der Waals surface area contributed by atoms with Gasteiger partial charge < -0.3 is 9.73 Å². The van der Waals surface area contributed by atoms with Crippen molar-refractivity contribution < 1.29 is 14.1 Å². The lowest BCUT2D eigenvalue weighted by Gasteiger charge is -2.14. The first-order valence-electron chi connectivity index (χ1n) is 11.8. The van der Waals surface area contributed by atoms with Crippen LogP contribution in [0.1, 0.15) is 27.2 Å². The number of carbonyl (C=O) groups excluding carboxylic acids is 1. The number of amides is 1.